The molecule has 1 N–H and O–H groups in total. The monoisotopic (exact) mass is 267 g/mol. The Balaban J connectivity index is 0.00000144. The highest BCUT2D eigenvalue weighted by molar-refractivity contribution is 5.85. The standard InChI is InChI=1S/C11H12F3NO.ClH/c1-16-10-6-7(11(12,13)14)2-3-8(10)9-4-5-15-9;/h2-3,6,9,15H,4-5H2,1H3;1H/t9-;/m0./s1. The zero-order chi connectivity index (χ0) is 11.8. The summed E-state index contributed by atoms with van der Waals surface area (Å²) in [7, 11) is 1.39. The summed E-state index contributed by atoms with van der Waals surface area (Å²) in [5.74, 6) is 0.298. The van der Waals surface area contributed by atoms with E-state index in [1.165, 1.54) is 13.2 Å². The molecular formula is C11H13ClF3NO. The predicted octanol–water partition coefficient (Wildman–Crippen LogP) is 3.17. The maximum Gasteiger partial charge on any atom is 0.416 e. The third-order valence-electron chi connectivity index (χ3n) is 2.76. The van der Waals surface area contributed by atoms with Crippen molar-refractivity contribution in [3.8, 4) is 5.75 Å². The number of hydrogen-bond acceptors (Lipinski definition) is 2. The van der Waals surface area contributed by atoms with E-state index < -0.39 is 11.7 Å². The number of nitrogens with one attached hydrogen (secondary N) is 1. The predicted molar refractivity (Wildman–Crippen MR) is 60.6 cm³/mol. The number of methoxy groups -OCH3 is 1. The first kappa shape index (κ1) is 14.1. The van der Waals surface area contributed by atoms with Crippen LogP contribution >= 0.6 is 12.4 Å². The number of hydrogen-bond donors (Lipinski definition) is 1. The van der Waals surface area contributed by atoms with Crippen molar-refractivity contribution >= 4 is 12.4 Å². The van der Waals surface area contributed by atoms with Crippen molar-refractivity contribution in [2.45, 2.75) is 18.6 Å². The van der Waals surface area contributed by atoms with Crippen molar-refractivity contribution in [2.75, 3.05) is 13.7 Å². The third-order valence-corrected chi connectivity index (χ3v) is 2.76. The molecule has 1 atom stereocenters. The van der Waals surface area contributed by atoms with Crippen LogP contribution in [0.3, 0.4) is 0 Å². The number of halogens is 4. The fourth-order valence-corrected chi connectivity index (χ4v) is 1.73. The molecule has 1 saturated heterocycles. The molecule has 0 radical (unpaired) electrons. The van der Waals surface area contributed by atoms with Gasteiger partial charge in [-0.1, -0.05) is 6.07 Å². The van der Waals surface area contributed by atoms with E-state index in [0.717, 1.165) is 30.7 Å². The summed E-state index contributed by atoms with van der Waals surface area (Å²) in [6.45, 7) is 0.898. The van der Waals surface area contributed by atoms with E-state index in [9.17, 15) is 13.2 Å². The molecule has 17 heavy (non-hydrogen) atoms. The molecule has 1 aromatic rings. The fourth-order valence-electron chi connectivity index (χ4n) is 1.73. The van der Waals surface area contributed by atoms with E-state index in [-0.39, 0.29) is 18.4 Å². The lowest BCUT2D eigenvalue weighted by Crippen LogP contribution is -2.35. The average molecular weight is 268 g/mol. The van der Waals surface area contributed by atoms with Gasteiger partial charge in [0.05, 0.1) is 12.7 Å². The normalized spacial score (nSPS) is 19.2. The highest BCUT2D eigenvalue weighted by Gasteiger charge is 2.32. The quantitative estimate of drug-likeness (QED) is 0.889. The first-order chi connectivity index (χ1) is 7.52. The van der Waals surface area contributed by atoms with E-state index in [4.69, 9.17) is 4.74 Å². The zero-order valence-electron chi connectivity index (χ0n) is 9.17. The van der Waals surface area contributed by atoms with Crippen molar-refractivity contribution in [3.63, 3.8) is 0 Å². The molecule has 1 aromatic carbocycles. The molecule has 0 aliphatic carbocycles. The van der Waals surface area contributed by atoms with Gasteiger partial charge in [-0.2, -0.15) is 13.2 Å². The molecule has 2 nitrogen and oxygen atoms in total. The van der Waals surface area contributed by atoms with Crippen LogP contribution in [0, 0.1) is 0 Å². The Bertz CT molecular complexity index is 391. The van der Waals surface area contributed by atoms with Crippen LogP contribution in [0.4, 0.5) is 13.2 Å². The molecule has 96 valence electrons. The molecule has 0 aromatic heterocycles. The van der Waals surface area contributed by atoms with Crippen LogP contribution in [-0.2, 0) is 6.18 Å². The van der Waals surface area contributed by atoms with Gasteiger partial charge < -0.3 is 10.1 Å². The Morgan fingerprint density at radius 3 is 2.41 bits per heavy atom. The topological polar surface area (TPSA) is 21.3 Å². The fraction of sp³-hybridized carbons (Fsp3) is 0.455. The van der Waals surface area contributed by atoms with Crippen molar-refractivity contribution in [2.24, 2.45) is 0 Å². The second kappa shape index (κ2) is 5.14. The summed E-state index contributed by atoms with van der Waals surface area (Å²) < 4.78 is 42.4. The third kappa shape index (κ3) is 2.84. The van der Waals surface area contributed by atoms with Crippen LogP contribution < -0.4 is 10.1 Å². The lowest BCUT2D eigenvalue weighted by Gasteiger charge is -2.29. The summed E-state index contributed by atoms with van der Waals surface area (Å²) in [6.07, 6.45) is -3.39. The van der Waals surface area contributed by atoms with E-state index in [0.29, 0.717) is 5.75 Å². The summed E-state index contributed by atoms with van der Waals surface area (Å²) in [6, 6.07) is 3.75. The van der Waals surface area contributed by atoms with Crippen LogP contribution in [0.25, 0.3) is 0 Å². The Morgan fingerprint density at radius 2 is 2.00 bits per heavy atom. The molecule has 0 spiro atoms. The van der Waals surface area contributed by atoms with E-state index in [1.54, 1.807) is 0 Å². The Kier molecular flexibility index (Phi) is 4.27. The average Bonchev–Trinajstić information content (AvgIpc) is 2.14. The molecule has 1 fully saturated rings. The second-order valence-electron chi connectivity index (χ2n) is 3.75. The number of benzene rings is 1. The first-order valence-corrected chi connectivity index (χ1v) is 5.01. The molecule has 2 rings (SSSR count). The van der Waals surface area contributed by atoms with E-state index in [1.807, 2.05) is 0 Å². The molecule has 0 bridgehead atoms. The molecule has 1 aliphatic rings. The molecule has 0 unspecified atom stereocenters. The minimum Gasteiger partial charge on any atom is -0.496 e. The number of ether oxygens (including phenoxy) is 1. The highest BCUT2D eigenvalue weighted by atomic mass is 35.5. The van der Waals surface area contributed by atoms with Crippen LogP contribution in [0.1, 0.15) is 23.6 Å². The summed E-state index contributed by atoms with van der Waals surface area (Å²) in [4.78, 5) is 0. The Morgan fingerprint density at radius 1 is 1.35 bits per heavy atom. The molecule has 0 amide bonds. The lowest BCUT2D eigenvalue weighted by molar-refractivity contribution is -0.137. The van der Waals surface area contributed by atoms with Gasteiger partial charge in [0.25, 0.3) is 0 Å². The maximum atomic E-state index is 12.5. The number of alkyl halides is 3. The van der Waals surface area contributed by atoms with Gasteiger partial charge >= 0.3 is 6.18 Å². The molecule has 0 saturated carbocycles. The van der Waals surface area contributed by atoms with Crippen molar-refractivity contribution < 1.29 is 17.9 Å². The Labute approximate surface area is 104 Å². The molecule has 1 heterocycles. The van der Waals surface area contributed by atoms with Crippen LogP contribution in [-0.4, -0.2) is 13.7 Å². The van der Waals surface area contributed by atoms with Gasteiger partial charge in [0, 0.05) is 11.6 Å². The van der Waals surface area contributed by atoms with Crippen molar-refractivity contribution in [1.82, 2.24) is 5.32 Å². The van der Waals surface area contributed by atoms with E-state index >= 15 is 0 Å². The van der Waals surface area contributed by atoms with Gasteiger partial charge in [-0.05, 0) is 25.1 Å². The van der Waals surface area contributed by atoms with Gasteiger partial charge in [0.15, 0.2) is 0 Å². The van der Waals surface area contributed by atoms with Crippen molar-refractivity contribution in [3.05, 3.63) is 29.3 Å². The van der Waals surface area contributed by atoms with Crippen LogP contribution in [0.15, 0.2) is 18.2 Å². The lowest BCUT2D eigenvalue weighted by atomic mass is 9.96. The van der Waals surface area contributed by atoms with Gasteiger partial charge in [-0.3, -0.25) is 0 Å². The summed E-state index contributed by atoms with van der Waals surface area (Å²) in [5, 5.41) is 3.13. The summed E-state index contributed by atoms with van der Waals surface area (Å²) in [5.41, 5.74) is 0.120. The van der Waals surface area contributed by atoms with Crippen molar-refractivity contribution in [1.29, 1.82) is 0 Å². The smallest absolute Gasteiger partial charge is 0.416 e. The maximum absolute atomic E-state index is 12.5. The van der Waals surface area contributed by atoms with Gasteiger partial charge in [0.1, 0.15) is 5.75 Å². The minimum absolute atomic E-state index is 0. The van der Waals surface area contributed by atoms with Crippen LogP contribution in [0.5, 0.6) is 5.75 Å². The zero-order valence-corrected chi connectivity index (χ0v) is 9.99. The van der Waals surface area contributed by atoms with Gasteiger partial charge in [-0.25, -0.2) is 0 Å². The van der Waals surface area contributed by atoms with E-state index in [2.05, 4.69) is 5.32 Å². The van der Waals surface area contributed by atoms with Gasteiger partial charge in [0.2, 0.25) is 0 Å². The number of rotatable bonds is 2. The Hall–Kier alpha value is -0.940. The van der Waals surface area contributed by atoms with Crippen LogP contribution in [0.2, 0.25) is 0 Å². The first-order valence-electron chi connectivity index (χ1n) is 5.01. The van der Waals surface area contributed by atoms with Gasteiger partial charge in [-0.15, -0.1) is 12.4 Å². The molecule has 1 aliphatic heterocycles. The SMILES string of the molecule is COc1cc(C(F)(F)F)ccc1[C@@H]1CCN1.Cl. The second-order valence-corrected chi connectivity index (χ2v) is 3.75. The molecule has 6 heteroatoms. The minimum atomic E-state index is -4.32. The largest absolute Gasteiger partial charge is 0.496 e. The molecular weight excluding hydrogens is 255 g/mol. The summed E-state index contributed by atoms with van der Waals surface area (Å²) >= 11 is 0. The highest BCUT2D eigenvalue weighted by Crippen LogP contribution is 2.36.